The van der Waals surface area contributed by atoms with Crippen LogP contribution in [0.15, 0.2) is 47.4 Å². The van der Waals surface area contributed by atoms with Gasteiger partial charge in [0.25, 0.3) is 0 Å². The molecule has 3 aromatic rings. The van der Waals surface area contributed by atoms with Gasteiger partial charge in [0, 0.05) is 39.2 Å². The molecule has 0 aliphatic heterocycles. The summed E-state index contributed by atoms with van der Waals surface area (Å²) < 4.78 is 41.2. The van der Waals surface area contributed by atoms with Crippen LogP contribution < -0.4 is 5.32 Å². The molecule has 166 valence electrons. The number of anilines is 1. The topological polar surface area (TPSA) is 84.3 Å². The van der Waals surface area contributed by atoms with Gasteiger partial charge in [-0.05, 0) is 48.9 Å². The molecule has 2 aromatic carbocycles. The molecule has 0 radical (unpaired) electrons. The number of amides is 1. The molecule has 1 N–H and O–H groups in total. The van der Waals surface area contributed by atoms with Gasteiger partial charge in [0.2, 0.25) is 15.9 Å². The first-order valence-corrected chi connectivity index (χ1v) is 11.6. The lowest BCUT2D eigenvalue weighted by Gasteiger charge is -2.11. The highest BCUT2D eigenvalue weighted by molar-refractivity contribution is 7.89. The predicted molar refractivity (Wildman–Crippen MR) is 119 cm³/mol. The molecule has 0 bridgehead atoms. The molecule has 31 heavy (non-hydrogen) atoms. The average molecular weight is 447 g/mol. The summed E-state index contributed by atoms with van der Waals surface area (Å²) in [5.74, 6) is 0.173. The quantitative estimate of drug-likeness (QED) is 0.542. The molecular formula is C22H27FN4O3S. The van der Waals surface area contributed by atoms with Gasteiger partial charge in [0.1, 0.15) is 11.6 Å². The van der Waals surface area contributed by atoms with E-state index in [0.717, 1.165) is 30.7 Å². The van der Waals surface area contributed by atoms with E-state index >= 15 is 0 Å². The molecule has 0 fully saturated rings. The number of nitrogens with one attached hydrogen (secondary N) is 1. The number of carbonyl (C=O) groups excluding carboxylic acids is 1. The van der Waals surface area contributed by atoms with Gasteiger partial charge in [0.15, 0.2) is 0 Å². The zero-order valence-corrected chi connectivity index (χ0v) is 18.7. The van der Waals surface area contributed by atoms with Gasteiger partial charge in [0.05, 0.1) is 15.9 Å². The van der Waals surface area contributed by atoms with E-state index in [-0.39, 0.29) is 23.0 Å². The second-order valence-corrected chi connectivity index (χ2v) is 9.68. The van der Waals surface area contributed by atoms with E-state index in [0.29, 0.717) is 17.6 Å². The zero-order chi connectivity index (χ0) is 22.6. The van der Waals surface area contributed by atoms with Crippen LogP contribution in [0, 0.1) is 5.82 Å². The molecule has 0 unspecified atom stereocenters. The highest BCUT2D eigenvalue weighted by Crippen LogP contribution is 2.23. The fraction of sp³-hybridized carbons (Fsp3) is 0.364. The number of hydrogen-bond donors (Lipinski definition) is 1. The van der Waals surface area contributed by atoms with Crippen molar-refractivity contribution in [1.82, 2.24) is 13.9 Å². The summed E-state index contributed by atoms with van der Waals surface area (Å²) in [6.07, 6.45) is 2.55. The number of nitrogens with zero attached hydrogens (tertiary/aromatic N) is 3. The van der Waals surface area contributed by atoms with Gasteiger partial charge in [-0.3, -0.25) is 4.79 Å². The number of hydrogen-bond acceptors (Lipinski definition) is 4. The first-order chi connectivity index (χ1) is 14.7. The second-order valence-electron chi connectivity index (χ2n) is 7.53. The molecule has 0 aliphatic rings. The van der Waals surface area contributed by atoms with Crippen LogP contribution in [0.4, 0.5) is 10.1 Å². The lowest BCUT2D eigenvalue weighted by atomic mass is 10.2. The van der Waals surface area contributed by atoms with Crippen LogP contribution in [0.25, 0.3) is 11.0 Å². The summed E-state index contributed by atoms with van der Waals surface area (Å²) in [6, 6.07) is 10.5. The first kappa shape index (κ1) is 22.9. The van der Waals surface area contributed by atoms with Gasteiger partial charge in [-0.1, -0.05) is 13.3 Å². The van der Waals surface area contributed by atoms with Crippen LogP contribution in [-0.2, 0) is 27.8 Å². The largest absolute Gasteiger partial charge is 0.328 e. The standard InChI is InChI=1S/C22H27FN4O3S/c1-4-5-14-27-20-11-10-18(31(29,30)26(2)3)15-19(20)25-21(27)12-13-22(28)24-17-8-6-16(23)7-9-17/h6-11,15H,4-5,12-14H2,1-3H3,(H,24,28). The van der Waals surface area contributed by atoms with Crippen molar-refractivity contribution in [3.05, 3.63) is 54.1 Å². The Morgan fingerprint density at radius 3 is 2.52 bits per heavy atom. The number of benzene rings is 2. The fourth-order valence-electron chi connectivity index (χ4n) is 3.27. The maximum absolute atomic E-state index is 13.0. The monoisotopic (exact) mass is 446 g/mol. The van der Waals surface area contributed by atoms with Crippen LogP contribution in [0.5, 0.6) is 0 Å². The summed E-state index contributed by atoms with van der Waals surface area (Å²) >= 11 is 0. The van der Waals surface area contributed by atoms with E-state index in [1.165, 1.54) is 42.7 Å². The number of fused-ring (bicyclic) bond motifs is 1. The summed E-state index contributed by atoms with van der Waals surface area (Å²) in [5, 5.41) is 2.75. The van der Waals surface area contributed by atoms with Crippen molar-refractivity contribution in [1.29, 1.82) is 0 Å². The number of imidazole rings is 1. The Labute approximate surface area is 181 Å². The fourth-order valence-corrected chi connectivity index (χ4v) is 4.19. The predicted octanol–water partition coefficient (Wildman–Crippen LogP) is 3.80. The van der Waals surface area contributed by atoms with Crippen LogP contribution in [0.3, 0.4) is 0 Å². The molecule has 9 heteroatoms. The Morgan fingerprint density at radius 2 is 1.87 bits per heavy atom. The Bertz CT molecular complexity index is 1170. The Hall–Kier alpha value is -2.78. The molecule has 0 spiro atoms. The third-order valence-electron chi connectivity index (χ3n) is 5.02. The smallest absolute Gasteiger partial charge is 0.242 e. The molecular weight excluding hydrogens is 419 g/mol. The van der Waals surface area contributed by atoms with E-state index in [4.69, 9.17) is 0 Å². The molecule has 0 aliphatic carbocycles. The second kappa shape index (κ2) is 9.57. The molecule has 7 nitrogen and oxygen atoms in total. The molecule has 0 atom stereocenters. The minimum Gasteiger partial charge on any atom is -0.328 e. The zero-order valence-electron chi connectivity index (χ0n) is 17.9. The van der Waals surface area contributed by atoms with Crippen LogP contribution in [-0.4, -0.2) is 42.3 Å². The number of aryl methyl sites for hydroxylation is 2. The number of rotatable bonds is 9. The van der Waals surface area contributed by atoms with E-state index in [9.17, 15) is 17.6 Å². The van der Waals surface area contributed by atoms with Crippen molar-refractivity contribution >= 4 is 32.7 Å². The van der Waals surface area contributed by atoms with Gasteiger partial charge in [-0.15, -0.1) is 0 Å². The van der Waals surface area contributed by atoms with Crippen molar-refractivity contribution in [2.75, 3.05) is 19.4 Å². The number of halogens is 1. The molecule has 1 heterocycles. The normalized spacial score (nSPS) is 11.9. The van der Waals surface area contributed by atoms with E-state index in [2.05, 4.69) is 21.8 Å². The summed E-state index contributed by atoms with van der Waals surface area (Å²) in [7, 11) is -0.578. The number of carbonyl (C=O) groups is 1. The van der Waals surface area contributed by atoms with Crippen molar-refractivity contribution in [3.8, 4) is 0 Å². The summed E-state index contributed by atoms with van der Waals surface area (Å²) in [5.41, 5.74) is 1.97. The van der Waals surface area contributed by atoms with E-state index in [1.54, 1.807) is 18.2 Å². The van der Waals surface area contributed by atoms with Gasteiger partial charge >= 0.3 is 0 Å². The van der Waals surface area contributed by atoms with Crippen molar-refractivity contribution in [3.63, 3.8) is 0 Å². The number of aromatic nitrogens is 2. The van der Waals surface area contributed by atoms with Crippen molar-refractivity contribution in [2.24, 2.45) is 0 Å². The van der Waals surface area contributed by atoms with Gasteiger partial charge < -0.3 is 9.88 Å². The minimum absolute atomic E-state index is 0.186. The summed E-state index contributed by atoms with van der Waals surface area (Å²) in [4.78, 5) is 17.2. The Morgan fingerprint density at radius 1 is 1.16 bits per heavy atom. The highest BCUT2D eigenvalue weighted by Gasteiger charge is 2.20. The van der Waals surface area contributed by atoms with Crippen LogP contribution >= 0.6 is 0 Å². The van der Waals surface area contributed by atoms with Crippen molar-refractivity contribution < 1.29 is 17.6 Å². The minimum atomic E-state index is -3.56. The third kappa shape index (κ3) is 5.29. The molecule has 0 saturated heterocycles. The average Bonchev–Trinajstić information content (AvgIpc) is 3.09. The summed E-state index contributed by atoms with van der Waals surface area (Å²) in [6.45, 7) is 2.83. The SMILES string of the molecule is CCCCn1c(CCC(=O)Nc2ccc(F)cc2)nc2cc(S(=O)(=O)N(C)C)ccc21. The van der Waals surface area contributed by atoms with Crippen LogP contribution in [0.1, 0.15) is 32.0 Å². The lowest BCUT2D eigenvalue weighted by Crippen LogP contribution is -2.22. The molecule has 1 aromatic heterocycles. The first-order valence-electron chi connectivity index (χ1n) is 10.2. The van der Waals surface area contributed by atoms with Crippen molar-refractivity contribution in [2.45, 2.75) is 44.0 Å². The Kier molecular flexibility index (Phi) is 7.07. The highest BCUT2D eigenvalue weighted by atomic mass is 32.2. The Balaban J connectivity index is 1.83. The molecule has 1 amide bonds. The lowest BCUT2D eigenvalue weighted by molar-refractivity contribution is -0.116. The maximum Gasteiger partial charge on any atom is 0.242 e. The van der Waals surface area contributed by atoms with Crippen LogP contribution in [0.2, 0.25) is 0 Å². The third-order valence-corrected chi connectivity index (χ3v) is 6.83. The maximum atomic E-state index is 13.0. The molecule has 3 rings (SSSR count). The van der Waals surface area contributed by atoms with E-state index < -0.39 is 10.0 Å². The van der Waals surface area contributed by atoms with Gasteiger partial charge in [-0.2, -0.15) is 0 Å². The number of unbranched alkanes of at least 4 members (excludes halogenated alkanes) is 1. The van der Waals surface area contributed by atoms with E-state index in [1.807, 2.05) is 0 Å². The number of sulfonamides is 1. The molecule has 0 saturated carbocycles. The van der Waals surface area contributed by atoms with Gasteiger partial charge in [-0.25, -0.2) is 22.1 Å².